The number of nitrogens with one attached hydrogen (secondary N) is 3. The molecule has 2 aliphatic heterocycles. The SMILES string of the molecule is Cc1ccc(NC(=O)C2CC(=O)Nc3nc(N4CCOCC4)[nH]c(=O)c32)c(C)c1. The van der Waals surface area contributed by atoms with E-state index in [0.29, 0.717) is 37.9 Å². The number of aryl methyl sites for hydroxylation is 2. The summed E-state index contributed by atoms with van der Waals surface area (Å²) in [5.41, 5.74) is 2.41. The summed E-state index contributed by atoms with van der Waals surface area (Å²) in [5.74, 6) is -1.14. The smallest absolute Gasteiger partial charge is 0.258 e. The molecule has 2 amide bonds. The Morgan fingerprint density at radius 1 is 1.24 bits per heavy atom. The lowest BCUT2D eigenvalue weighted by molar-refractivity contribution is -0.123. The Kier molecular flexibility index (Phi) is 5.06. The van der Waals surface area contributed by atoms with Gasteiger partial charge in [-0.2, -0.15) is 4.98 Å². The predicted molar refractivity (Wildman–Crippen MR) is 108 cm³/mol. The van der Waals surface area contributed by atoms with Gasteiger partial charge in [-0.05, 0) is 25.5 Å². The van der Waals surface area contributed by atoms with E-state index < -0.39 is 17.4 Å². The normalized spacial score (nSPS) is 18.8. The first-order chi connectivity index (χ1) is 13.9. The van der Waals surface area contributed by atoms with Crippen molar-refractivity contribution in [2.45, 2.75) is 26.2 Å². The van der Waals surface area contributed by atoms with E-state index in [-0.39, 0.29) is 23.7 Å². The Morgan fingerprint density at radius 3 is 2.72 bits per heavy atom. The van der Waals surface area contributed by atoms with Crippen LogP contribution in [-0.2, 0) is 14.3 Å². The van der Waals surface area contributed by atoms with Crippen molar-refractivity contribution >= 4 is 29.3 Å². The van der Waals surface area contributed by atoms with Crippen LogP contribution in [0, 0.1) is 13.8 Å². The van der Waals surface area contributed by atoms with E-state index in [4.69, 9.17) is 4.74 Å². The van der Waals surface area contributed by atoms with Gasteiger partial charge in [-0.25, -0.2) is 0 Å². The number of benzene rings is 1. The molecule has 0 bridgehead atoms. The van der Waals surface area contributed by atoms with Gasteiger partial charge in [0.2, 0.25) is 17.8 Å². The van der Waals surface area contributed by atoms with Crippen LogP contribution in [0.5, 0.6) is 0 Å². The molecule has 1 saturated heterocycles. The van der Waals surface area contributed by atoms with Crippen molar-refractivity contribution in [2.24, 2.45) is 0 Å². The molecule has 9 heteroatoms. The highest BCUT2D eigenvalue weighted by atomic mass is 16.5. The van der Waals surface area contributed by atoms with Crippen LogP contribution >= 0.6 is 0 Å². The lowest BCUT2D eigenvalue weighted by Crippen LogP contribution is -2.41. The molecule has 1 fully saturated rings. The lowest BCUT2D eigenvalue weighted by atomic mass is 9.92. The second-order valence-electron chi connectivity index (χ2n) is 7.36. The molecule has 29 heavy (non-hydrogen) atoms. The molecule has 1 aromatic carbocycles. The average molecular weight is 397 g/mol. The number of aromatic amines is 1. The van der Waals surface area contributed by atoms with Gasteiger partial charge in [0.05, 0.1) is 24.7 Å². The fourth-order valence-electron chi connectivity index (χ4n) is 3.68. The largest absolute Gasteiger partial charge is 0.378 e. The summed E-state index contributed by atoms with van der Waals surface area (Å²) < 4.78 is 5.32. The van der Waals surface area contributed by atoms with Crippen molar-refractivity contribution in [2.75, 3.05) is 41.8 Å². The number of rotatable bonds is 3. The molecular formula is C20H23N5O4. The predicted octanol–water partition coefficient (Wildman–Crippen LogP) is 1.29. The second-order valence-corrected chi connectivity index (χ2v) is 7.36. The van der Waals surface area contributed by atoms with E-state index in [1.54, 1.807) is 0 Å². The second kappa shape index (κ2) is 7.67. The number of nitrogens with zero attached hydrogens (tertiary/aromatic N) is 2. The minimum absolute atomic E-state index is 0.106. The maximum absolute atomic E-state index is 13.0. The summed E-state index contributed by atoms with van der Waals surface area (Å²) in [4.78, 5) is 47.1. The summed E-state index contributed by atoms with van der Waals surface area (Å²) in [5, 5.41) is 5.49. The molecule has 1 aromatic heterocycles. The third-order valence-electron chi connectivity index (χ3n) is 5.21. The monoisotopic (exact) mass is 397 g/mol. The Labute approximate surface area is 167 Å². The minimum Gasteiger partial charge on any atom is -0.378 e. The van der Waals surface area contributed by atoms with E-state index in [2.05, 4.69) is 20.6 Å². The average Bonchev–Trinajstić information content (AvgIpc) is 2.69. The summed E-state index contributed by atoms with van der Waals surface area (Å²) in [7, 11) is 0. The number of ether oxygens (including phenoxy) is 1. The highest BCUT2D eigenvalue weighted by molar-refractivity contribution is 6.04. The topological polar surface area (TPSA) is 116 Å². The Morgan fingerprint density at radius 2 is 2.00 bits per heavy atom. The molecule has 2 aromatic rings. The van der Waals surface area contributed by atoms with Gasteiger partial charge >= 0.3 is 0 Å². The van der Waals surface area contributed by atoms with E-state index >= 15 is 0 Å². The maximum atomic E-state index is 13.0. The fourth-order valence-corrected chi connectivity index (χ4v) is 3.68. The van der Waals surface area contributed by atoms with Crippen LogP contribution in [0.15, 0.2) is 23.0 Å². The molecule has 0 radical (unpaired) electrons. The number of anilines is 3. The number of amides is 2. The lowest BCUT2D eigenvalue weighted by Gasteiger charge is -2.29. The molecule has 1 atom stereocenters. The fraction of sp³-hybridized carbons (Fsp3) is 0.400. The van der Waals surface area contributed by atoms with Gasteiger partial charge < -0.3 is 20.3 Å². The quantitative estimate of drug-likeness (QED) is 0.719. The maximum Gasteiger partial charge on any atom is 0.258 e. The first kappa shape index (κ1) is 19.1. The molecule has 0 spiro atoms. The van der Waals surface area contributed by atoms with Crippen LogP contribution in [0.3, 0.4) is 0 Å². The number of hydrogen-bond donors (Lipinski definition) is 3. The van der Waals surface area contributed by atoms with Crippen LogP contribution in [0.1, 0.15) is 29.0 Å². The van der Waals surface area contributed by atoms with E-state index in [0.717, 1.165) is 11.1 Å². The molecule has 4 rings (SSSR count). The number of fused-ring (bicyclic) bond motifs is 1. The molecule has 0 aliphatic carbocycles. The van der Waals surface area contributed by atoms with Gasteiger partial charge in [0.25, 0.3) is 5.56 Å². The number of aromatic nitrogens is 2. The van der Waals surface area contributed by atoms with Crippen LogP contribution in [-0.4, -0.2) is 48.1 Å². The zero-order valence-electron chi connectivity index (χ0n) is 16.4. The van der Waals surface area contributed by atoms with Crippen LogP contribution in [0.4, 0.5) is 17.5 Å². The summed E-state index contributed by atoms with van der Waals surface area (Å²) in [6, 6.07) is 5.67. The first-order valence-corrected chi connectivity index (χ1v) is 9.57. The van der Waals surface area contributed by atoms with Gasteiger partial charge in [-0.3, -0.25) is 19.4 Å². The number of carbonyl (C=O) groups excluding carboxylic acids is 2. The third kappa shape index (κ3) is 3.86. The summed E-state index contributed by atoms with van der Waals surface area (Å²) >= 11 is 0. The number of morpholine rings is 1. The van der Waals surface area contributed by atoms with Gasteiger partial charge in [0, 0.05) is 25.2 Å². The van der Waals surface area contributed by atoms with Crippen molar-refractivity contribution in [1.82, 2.24) is 9.97 Å². The van der Waals surface area contributed by atoms with Gasteiger partial charge in [-0.15, -0.1) is 0 Å². The summed E-state index contributed by atoms with van der Waals surface area (Å²) in [6.07, 6.45) is -0.106. The highest BCUT2D eigenvalue weighted by Crippen LogP contribution is 2.30. The Balaban J connectivity index is 1.65. The first-order valence-electron chi connectivity index (χ1n) is 9.57. The number of H-pyrrole nitrogens is 1. The Hall–Kier alpha value is -3.20. The molecule has 1 unspecified atom stereocenters. The van der Waals surface area contributed by atoms with Crippen LogP contribution in [0.2, 0.25) is 0 Å². The zero-order chi connectivity index (χ0) is 20.5. The van der Waals surface area contributed by atoms with Gasteiger partial charge in [0.15, 0.2) is 0 Å². The minimum atomic E-state index is -0.908. The molecule has 3 N–H and O–H groups in total. The van der Waals surface area contributed by atoms with Crippen molar-refractivity contribution in [3.8, 4) is 0 Å². The highest BCUT2D eigenvalue weighted by Gasteiger charge is 2.35. The van der Waals surface area contributed by atoms with Crippen LogP contribution in [0.25, 0.3) is 0 Å². The number of hydrogen-bond acceptors (Lipinski definition) is 6. The third-order valence-corrected chi connectivity index (χ3v) is 5.21. The zero-order valence-corrected chi connectivity index (χ0v) is 16.4. The molecule has 2 aliphatic rings. The van der Waals surface area contributed by atoms with Crippen molar-refractivity contribution in [3.05, 3.63) is 45.2 Å². The standard InChI is InChI=1S/C20H23N5O4/c1-11-3-4-14(12(2)9-11)21-18(27)13-10-15(26)22-17-16(13)19(28)24-20(23-17)25-5-7-29-8-6-25/h3-4,9,13H,5-8,10H2,1-2H3,(H,21,27)(H2,22,23,24,26,28). The van der Waals surface area contributed by atoms with E-state index in [9.17, 15) is 14.4 Å². The molecule has 152 valence electrons. The molecule has 3 heterocycles. The molecule has 0 saturated carbocycles. The molecular weight excluding hydrogens is 374 g/mol. The van der Waals surface area contributed by atoms with Gasteiger partial charge in [0.1, 0.15) is 5.82 Å². The van der Waals surface area contributed by atoms with Gasteiger partial charge in [-0.1, -0.05) is 17.7 Å². The van der Waals surface area contributed by atoms with Crippen LogP contribution < -0.4 is 21.1 Å². The summed E-state index contributed by atoms with van der Waals surface area (Å²) in [6.45, 7) is 6.12. The number of carbonyl (C=O) groups is 2. The molecule has 9 nitrogen and oxygen atoms in total. The van der Waals surface area contributed by atoms with Crippen molar-refractivity contribution in [1.29, 1.82) is 0 Å². The van der Waals surface area contributed by atoms with Crippen molar-refractivity contribution < 1.29 is 14.3 Å². The Bertz CT molecular complexity index is 1030. The van der Waals surface area contributed by atoms with Crippen molar-refractivity contribution in [3.63, 3.8) is 0 Å². The van der Waals surface area contributed by atoms with E-state index in [1.165, 1.54) is 0 Å². The van der Waals surface area contributed by atoms with E-state index in [1.807, 2.05) is 36.9 Å².